The summed E-state index contributed by atoms with van der Waals surface area (Å²) in [6.07, 6.45) is 0. The number of rotatable bonds is 7. The number of thioether (sulfide) groups is 1. The third kappa shape index (κ3) is 4.43. The minimum Gasteiger partial charge on any atom is -0.497 e. The minimum absolute atomic E-state index is 0.589. The molecule has 0 N–H and O–H groups in total. The Kier molecular flexibility index (Phi) is 5.78. The van der Waals surface area contributed by atoms with Crippen molar-refractivity contribution in [1.82, 2.24) is 20.2 Å². The molecule has 25 heavy (non-hydrogen) atoms. The van der Waals surface area contributed by atoms with Gasteiger partial charge in [0.2, 0.25) is 5.16 Å². The number of nitrogens with zero attached hydrogens (tertiary/aromatic N) is 4. The van der Waals surface area contributed by atoms with Crippen LogP contribution in [0.2, 0.25) is 5.02 Å². The second-order valence-electron chi connectivity index (χ2n) is 5.21. The molecule has 0 aliphatic carbocycles. The van der Waals surface area contributed by atoms with Gasteiger partial charge >= 0.3 is 0 Å². The van der Waals surface area contributed by atoms with E-state index in [0.717, 1.165) is 27.8 Å². The van der Waals surface area contributed by atoms with Crippen LogP contribution >= 0.6 is 23.4 Å². The van der Waals surface area contributed by atoms with Gasteiger partial charge < -0.3 is 9.47 Å². The molecule has 8 heteroatoms. The highest BCUT2D eigenvalue weighted by Gasteiger charge is 2.11. The number of ether oxygens (including phenoxy) is 2. The van der Waals surface area contributed by atoms with Crippen LogP contribution in [-0.2, 0) is 12.3 Å². The Hall–Kier alpha value is -2.25. The van der Waals surface area contributed by atoms with Gasteiger partial charge in [-0.05, 0) is 46.3 Å². The molecule has 0 unspecified atom stereocenters. The van der Waals surface area contributed by atoms with Gasteiger partial charge in [-0.3, -0.25) is 0 Å². The summed E-state index contributed by atoms with van der Waals surface area (Å²) in [6.45, 7) is 0.589. The Bertz CT molecular complexity index is 839. The lowest BCUT2D eigenvalue weighted by atomic mass is 10.2. The van der Waals surface area contributed by atoms with Crippen LogP contribution in [0.1, 0.15) is 11.1 Å². The monoisotopic (exact) mass is 376 g/mol. The fourth-order valence-corrected chi connectivity index (χ4v) is 3.35. The van der Waals surface area contributed by atoms with Gasteiger partial charge in [-0.1, -0.05) is 35.5 Å². The van der Waals surface area contributed by atoms with Crippen molar-refractivity contribution in [2.45, 2.75) is 17.5 Å². The fraction of sp³-hybridized carbons (Fsp3) is 0.235. The second-order valence-corrected chi connectivity index (χ2v) is 6.59. The van der Waals surface area contributed by atoms with Gasteiger partial charge in [-0.2, -0.15) is 0 Å². The first kappa shape index (κ1) is 17.6. The highest BCUT2D eigenvalue weighted by molar-refractivity contribution is 7.98. The molecule has 2 aromatic carbocycles. The van der Waals surface area contributed by atoms with Crippen LogP contribution in [0.5, 0.6) is 11.5 Å². The lowest BCUT2D eigenvalue weighted by molar-refractivity contribution is 0.411. The number of tetrazole rings is 1. The number of hydrogen-bond donors (Lipinski definition) is 0. The van der Waals surface area contributed by atoms with E-state index < -0.39 is 0 Å². The Morgan fingerprint density at radius 3 is 2.60 bits per heavy atom. The van der Waals surface area contributed by atoms with Gasteiger partial charge in [-0.25, -0.2) is 4.68 Å². The zero-order valence-electron chi connectivity index (χ0n) is 13.8. The molecule has 0 spiro atoms. The Morgan fingerprint density at radius 1 is 1.08 bits per heavy atom. The van der Waals surface area contributed by atoms with Gasteiger partial charge in [0.1, 0.15) is 11.5 Å². The van der Waals surface area contributed by atoms with Crippen LogP contribution in [0.25, 0.3) is 0 Å². The largest absolute Gasteiger partial charge is 0.497 e. The normalized spacial score (nSPS) is 10.7. The van der Waals surface area contributed by atoms with Gasteiger partial charge in [0.25, 0.3) is 0 Å². The maximum Gasteiger partial charge on any atom is 0.209 e. The van der Waals surface area contributed by atoms with E-state index in [1.165, 1.54) is 11.8 Å². The molecule has 1 heterocycles. The molecule has 1 aromatic heterocycles. The Morgan fingerprint density at radius 2 is 1.88 bits per heavy atom. The Balaban J connectivity index is 1.70. The highest BCUT2D eigenvalue weighted by Crippen LogP contribution is 2.29. The molecule has 0 radical (unpaired) electrons. The Labute approximate surface area is 155 Å². The SMILES string of the molecule is COc1ccc(Cn2nnnc2SCc2cc(Cl)ccc2OC)cc1. The lowest BCUT2D eigenvalue weighted by Gasteiger charge is -2.09. The van der Waals surface area contributed by atoms with E-state index in [1.807, 2.05) is 42.5 Å². The zero-order valence-corrected chi connectivity index (χ0v) is 15.4. The average molecular weight is 377 g/mol. The molecular formula is C17H17ClN4O2S. The summed E-state index contributed by atoms with van der Waals surface area (Å²) in [5.41, 5.74) is 2.09. The summed E-state index contributed by atoms with van der Waals surface area (Å²) in [5, 5.41) is 13.4. The average Bonchev–Trinajstić information content (AvgIpc) is 3.08. The molecule has 0 aliphatic rings. The zero-order chi connectivity index (χ0) is 17.6. The van der Waals surface area contributed by atoms with E-state index in [1.54, 1.807) is 18.9 Å². The third-order valence-electron chi connectivity index (χ3n) is 3.59. The number of methoxy groups -OCH3 is 2. The quantitative estimate of drug-likeness (QED) is 0.586. The van der Waals surface area contributed by atoms with E-state index in [0.29, 0.717) is 17.3 Å². The first-order valence-electron chi connectivity index (χ1n) is 7.54. The topological polar surface area (TPSA) is 62.1 Å². The van der Waals surface area contributed by atoms with Crippen molar-refractivity contribution in [1.29, 1.82) is 0 Å². The van der Waals surface area contributed by atoms with E-state index >= 15 is 0 Å². The van der Waals surface area contributed by atoms with Crippen LogP contribution in [0.15, 0.2) is 47.6 Å². The van der Waals surface area contributed by atoms with E-state index in [9.17, 15) is 0 Å². The third-order valence-corrected chi connectivity index (χ3v) is 4.83. The smallest absolute Gasteiger partial charge is 0.209 e. The molecule has 0 atom stereocenters. The molecule has 0 saturated carbocycles. The molecule has 6 nitrogen and oxygen atoms in total. The second kappa shape index (κ2) is 8.22. The van der Waals surface area contributed by atoms with Crippen LogP contribution in [-0.4, -0.2) is 34.4 Å². The predicted molar refractivity (Wildman–Crippen MR) is 97.5 cm³/mol. The van der Waals surface area contributed by atoms with Crippen LogP contribution in [0.3, 0.4) is 0 Å². The number of aromatic nitrogens is 4. The van der Waals surface area contributed by atoms with Gasteiger partial charge in [0.05, 0.1) is 20.8 Å². The molecule has 130 valence electrons. The van der Waals surface area contributed by atoms with Crippen molar-refractivity contribution >= 4 is 23.4 Å². The molecule has 0 amide bonds. The number of hydrogen-bond acceptors (Lipinski definition) is 6. The molecule has 0 aliphatic heterocycles. The molecule has 0 bridgehead atoms. The van der Waals surface area contributed by atoms with Crippen LogP contribution in [0.4, 0.5) is 0 Å². The van der Waals surface area contributed by atoms with Crippen molar-refractivity contribution < 1.29 is 9.47 Å². The van der Waals surface area contributed by atoms with Gasteiger partial charge in [0, 0.05) is 16.3 Å². The summed E-state index contributed by atoms with van der Waals surface area (Å²) in [5.74, 6) is 2.28. The van der Waals surface area contributed by atoms with E-state index in [4.69, 9.17) is 21.1 Å². The molecule has 3 aromatic rings. The standard InChI is InChI=1S/C17H17ClN4O2S/c1-23-15-6-3-12(4-7-15)10-22-17(19-20-21-22)25-11-13-9-14(18)5-8-16(13)24-2/h3-9H,10-11H2,1-2H3. The molecule has 0 fully saturated rings. The lowest BCUT2D eigenvalue weighted by Crippen LogP contribution is -2.04. The van der Waals surface area contributed by atoms with Crippen LogP contribution in [0, 0.1) is 0 Å². The maximum atomic E-state index is 6.08. The van der Waals surface area contributed by atoms with Crippen molar-refractivity contribution in [3.63, 3.8) is 0 Å². The number of halogens is 1. The van der Waals surface area contributed by atoms with E-state index in [2.05, 4.69) is 15.5 Å². The summed E-state index contributed by atoms with van der Waals surface area (Å²) in [6, 6.07) is 13.4. The van der Waals surface area contributed by atoms with Gasteiger partial charge in [0.15, 0.2) is 0 Å². The summed E-state index contributed by atoms with van der Waals surface area (Å²) in [4.78, 5) is 0. The van der Waals surface area contributed by atoms with Crippen molar-refractivity contribution in [2.75, 3.05) is 14.2 Å². The summed E-state index contributed by atoms with van der Waals surface area (Å²) < 4.78 is 12.3. The number of benzene rings is 2. The first-order valence-corrected chi connectivity index (χ1v) is 8.90. The fourth-order valence-electron chi connectivity index (χ4n) is 2.31. The van der Waals surface area contributed by atoms with Gasteiger partial charge in [-0.15, -0.1) is 5.10 Å². The van der Waals surface area contributed by atoms with E-state index in [-0.39, 0.29) is 0 Å². The van der Waals surface area contributed by atoms with Crippen LogP contribution < -0.4 is 9.47 Å². The maximum absolute atomic E-state index is 6.08. The first-order chi connectivity index (χ1) is 12.2. The van der Waals surface area contributed by atoms with Crippen molar-refractivity contribution in [3.05, 3.63) is 58.6 Å². The highest BCUT2D eigenvalue weighted by atomic mass is 35.5. The van der Waals surface area contributed by atoms with Crippen molar-refractivity contribution in [3.8, 4) is 11.5 Å². The predicted octanol–water partition coefficient (Wildman–Crippen LogP) is 3.68. The molecule has 0 saturated heterocycles. The molecular weight excluding hydrogens is 360 g/mol. The summed E-state index contributed by atoms with van der Waals surface area (Å²) >= 11 is 7.61. The molecule has 3 rings (SSSR count). The minimum atomic E-state index is 0.589. The summed E-state index contributed by atoms with van der Waals surface area (Å²) in [7, 11) is 3.29. The van der Waals surface area contributed by atoms with Crippen molar-refractivity contribution in [2.24, 2.45) is 0 Å².